The Kier molecular flexibility index (Phi) is 9.14. The number of amides is 1. The average Bonchev–Trinajstić information content (AvgIpc) is 2.75. The van der Waals surface area contributed by atoms with Gasteiger partial charge in [0.05, 0.1) is 12.5 Å². The molecule has 0 aliphatic heterocycles. The predicted molar refractivity (Wildman–Crippen MR) is 102 cm³/mol. The van der Waals surface area contributed by atoms with Crippen LogP contribution in [0.5, 0.6) is 0 Å². The summed E-state index contributed by atoms with van der Waals surface area (Å²) in [6, 6.07) is 5.68. The van der Waals surface area contributed by atoms with E-state index in [-0.39, 0.29) is 11.5 Å². The lowest BCUT2D eigenvalue weighted by molar-refractivity contribution is -0.451. The van der Waals surface area contributed by atoms with E-state index >= 15 is 0 Å². The van der Waals surface area contributed by atoms with E-state index in [1.807, 2.05) is 13.8 Å². The highest BCUT2D eigenvalue weighted by atomic mass is 19.4. The number of hydrogen-bond donors (Lipinski definition) is 1. The van der Waals surface area contributed by atoms with Crippen molar-refractivity contribution < 1.29 is 70.7 Å². The van der Waals surface area contributed by atoms with Gasteiger partial charge in [-0.2, -0.15) is 65.9 Å². The van der Waals surface area contributed by atoms with Crippen LogP contribution in [0.4, 0.5) is 65.9 Å². The smallest absolute Gasteiger partial charge is 0.349 e. The van der Waals surface area contributed by atoms with Crippen LogP contribution in [0.3, 0.4) is 0 Å². The third-order valence-corrected chi connectivity index (χ3v) is 5.39. The highest BCUT2D eigenvalue weighted by Crippen LogP contribution is 2.62. The standard InChI is InChI=1S/C21H20F15NO/c1-10(2)8-12-4-6-13(7-5-12)11(3)14(38)37-9-15(22,23)16(24,25)17(26,27)18(28,29)19(30,31)20(32,33)21(34,35)36/h4-7,10-11H,8-9H2,1-3H3,(H,37,38). The number of halogens is 15. The van der Waals surface area contributed by atoms with Crippen molar-refractivity contribution in [3.05, 3.63) is 35.4 Å². The predicted octanol–water partition coefficient (Wildman–Crippen LogP) is 7.48. The summed E-state index contributed by atoms with van der Waals surface area (Å²) in [4.78, 5) is 12.1. The molecule has 0 aliphatic rings. The maximum Gasteiger partial charge on any atom is 0.460 e. The van der Waals surface area contributed by atoms with Crippen molar-refractivity contribution in [2.75, 3.05) is 6.54 Å². The van der Waals surface area contributed by atoms with Crippen LogP contribution in [-0.4, -0.2) is 54.2 Å². The second-order valence-electron chi connectivity index (χ2n) is 8.85. The molecule has 0 radical (unpaired) electrons. The summed E-state index contributed by atoms with van der Waals surface area (Å²) in [6.45, 7) is 1.89. The number of carbonyl (C=O) groups excluding carboxylic acids is 1. The van der Waals surface area contributed by atoms with Gasteiger partial charge in [-0.1, -0.05) is 38.1 Å². The minimum absolute atomic E-state index is 0.0935. The topological polar surface area (TPSA) is 29.1 Å². The molecule has 38 heavy (non-hydrogen) atoms. The molecule has 1 N–H and O–H groups in total. The zero-order chi connectivity index (χ0) is 30.3. The number of carbonyl (C=O) groups is 1. The van der Waals surface area contributed by atoms with Gasteiger partial charge >= 0.3 is 41.7 Å². The Morgan fingerprint density at radius 1 is 0.658 bits per heavy atom. The Morgan fingerprint density at radius 2 is 1.05 bits per heavy atom. The molecule has 0 bridgehead atoms. The third-order valence-electron chi connectivity index (χ3n) is 5.39. The molecule has 0 fully saturated rings. The van der Waals surface area contributed by atoms with Crippen molar-refractivity contribution in [3.63, 3.8) is 0 Å². The minimum Gasteiger partial charge on any atom is -0.349 e. The molecule has 220 valence electrons. The minimum atomic E-state index is -8.36. The molecule has 0 spiro atoms. The first kappa shape index (κ1) is 33.7. The highest BCUT2D eigenvalue weighted by molar-refractivity contribution is 5.83. The van der Waals surface area contributed by atoms with Crippen LogP contribution in [-0.2, 0) is 11.2 Å². The molecule has 0 heterocycles. The van der Waals surface area contributed by atoms with Crippen molar-refractivity contribution >= 4 is 5.91 Å². The maximum absolute atomic E-state index is 13.9. The molecule has 0 aliphatic carbocycles. The van der Waals surface area contributed by atoms with E-state index in [4.69, 9.17) is 0 Å². The van der Waals surface area contributed by atoms with E-state index in [2.05, 4.69) is 0 Å². The van der Waals surface area contributed by atoms with Crippen LogP contribution < -0.4 is 5.32 Å². The van der Waals surface area contributed by atoms with E-state index < -0.39 is 60.1 Å². The number of alkyl halides is 15. The monoisotopic (exact) mass is 587 g/mol. The number of rotatable bonds is 11. The lowest BCUT2D eigenvalue weighted by atomic mass is 9.91. The first-order chi connectivity index (χ1) is 16.7. The van der Waals surface area contributed by atoms with Gasteiger partial charge in [-0.05, 0) is 30.4 Å². The van der Waals surface area contributed by atoms with Gasteiger partial charge in [-0.3, -0.25) is 4.79 Å². The van der Waals surface area contributed by atoms with Crippen LogP contribution in [0.1, 0.15) is 37.8 Å². The molecule has 1 aromatic carbocycles. The molecule has 1 unspecified atom stereocenters. The number of nitrogens with one attached hydrogen (secondary N) is 1. The number of benzene rings is 1. The van der Waals surface area contributed by atoms with Crippen LogP contribution >= 0.6 is 0 Å². The number of hydrogen-bond acceptors (Lipinski definition) is 1. The third kappa shape index (κ3) is 5.65. The fraction of sp³-hybridized carbons (Fsp3) is 0.667. The van der Waals surface area contributed by atoms with Gasteiger partial charge in [-0.15, -0.1) is 0 Å². The van der Waals surface area contributed by atoms with Gasteiger partial charge in [0.1, 0.15) is 0 Å². The second-order valence-corrected chi connectivity index (χ2v) is 8.85. The quantitative estimate of drug-likeness (QED) is 0.268. The summed E-state index contributed by atoms with van der Waals surface area (Å²) in [7, 11) is 0. The molecule has 0 saturated heterocycles. The van der Waals surface area contributed by atoms with Crippen LogP contribution in [0.2, 0.25) is 0 Å². The van der Waals surface area contributed by atoms with E-state index in [1.165, 1.54) is 24.3 Å². The van der Waals surface area contributed by atoms with Gasteiger partial charge in [0.25, 0.3) is 0 Å². The molecule has 17 heteroatoms. The van der Waals surface area contributed by atoms with Gasteiger partial charge in [0, 0.05) is 0 Å². The molecular weight excluding hydrogens is 567 g/mol. The summed E-state index contributed by atoms with van der Waals surface area (Å²) < 4.78 is 198. The fourth-order valence-corrected chi connectivity index (χ4v) is 3.03. The Morgan fingerprint density at radius 3 is 1.45 bits per heavy atom. The molecule has 1 amide bonds. The van der Waals surface area contributed by atoms with E-state index in [0.29, 0.717) is 6.42 Å². The lowest BCUT2D eigenvalue weighted by Crippen LogP contribution is -2.73. The summed E-state index contributed by atoms with van der Waals surface area (Å²) in [5.41, 5.74) is 0.870. The lowest BCUT2D eigenvalue weighted by Gasteiger charge is -2.41. The summed E-state index contributed by atoms with van der Waals surface area (Å²) >= 11 is 0. The van der Waals surface area contributed by atoms with Crippen LogP contribution in [0.25, 0.3) is 0 Å². The Bertz CT molecular complexity index is 968. The molecule has 1 aromatic rings. The zero-order valence-electron chi connectivity index (χ0n) is 19.5. The molecule has 1 atom stereocenters. The first-order valence-corrected chi connectivity index (χ1v) is 10.4. The molecular formula is C21H20F15NO. The molecule has 1 rings (SSSR count). The molecule has 0 saturated carbocycles. The molecule has 0 aromatic heterocycles. The van der Waals surface area contributed by atoms with Crippen molar-refractivity contribution in [1.29, 1.82) is 0 Å². The zero-order valence-corrected chi connectivity index (χ0v) is 19.5. The Balaban J connectivity index is 3.19. The summed E-state index contributed by atoms with van der Waals surface area (Å²) in [5, 5.41) is 1.03. The van der Waals surface area contributed by atoms with Crippen molar-refractivity contribution in [2.45, 2.75) is 74.8 Å². The highest BCUT2D eigenvalue weighted by Gasteiger charge is 2.93. The second kappa shape index (κ2) is 10.3. The SMILES string of the molecule is CC(C)Cc1ccc(C(C)C(=O)NCC(F)(F)C(F)(F)C(F)(F)C(F)(F)C(F)(F)C(F)(F)C(F)(F)F)cc1. The van der Waals surface area contributed by atoms with Crippen molar-refractivity contribution in [1.82, 2.24) is 5.32 Å². The van der Waals surface area contributed by atoms with Crippen LogP contribution in [0, 0.1) is 5.92 Å². The normalized spacial score (nSPS) is 15.6. The maximum atomic E-state index is 13.9. The van der Waals surface area contributed by atoms with E-state index in [9.17, 15) is 70.7 Å². The Labute approximate surface area is 205 Å². The van der Waals surface area contributed by atoms with Crippen molar-refractivity contribution in [3.8, 4) is 0 Å². The van der Waals surface area contributed by atoms with Crippen molar-refractivity contribution in [2.24, 2.45) is 5.92 Å². The first-order valence-electron chi connectivity index (χ1n) is 10.4. The van der Waals surface area contributed by atoms with E-state index in [0.717, 1.165) is 17.8 Å². The van der Waals surface area contributed by atoms with Gasteiger partial charge < -0.3 is 5.32 Å². The summed E-state index contributed by atoms with van der Waals surface area (Å²) in [6.07, 6.45) is -7.07. The van der Waals surface area contributed by atoms with Gasteiger partial charge in [0.2, 0.25) is 5.91 Å². The van der Waals surface area contributed by atoms with E-state index in [1.54, 1.807) is 0 Å². The average molecular weight is 587 g/mol. The fourth-order valence-electron chi connectivity index (χ4n) is 3.03. The van der Waals surface area contributed by atoms with Gasteiger partial charge in [-0.25, -0.2) is 0 Å². The molecule has 2 nitrogen and oxygen atoms in total. The van der Waals surface area contributed by atoms with Gasteiger partial charge in [0.15, 0.2) is 0 Å². The van der Waals surface area contributed by atoms with Crippen LogP contribution in [0.15, 0.2) is 24.3 Å². The summed E-state index contributed by atoms with van der Waals surface area (Å²) in [5.74, 6) is -49.8. The Hall–Kier alpha value is -2.36. The largest absolute Gasteiger partial charge is 0.460 e.